The van der Waals surface area contributed by atoms with E-state index < -0.39 is 0 Å². The summed E-state index contributed by atoms with van der Waals surface area (Å²) in [7, 11) is 0. The first-order valence-corrected chi connectivity index (χ1v) is 7.38. The summed E-state index contributed by atoms with van der Waals surface area (Å²) in [5, 5.41) is 10.8. The molecule has 2 heterocycles. The van der Waals surface area contributed by atoms with Crippen LogP contribution in [0.15, 0.2) is 35.8 Å². The highest BCUT2D eigenvalue weighted by Gasteiger charge is 2.15. The van der Waals surface area contributed by atoms with Crippen molar-refractivity contribution in [2.75, 3.05) is 0 Å². The average Bonchev–Trinajstić information content (AvgIpc) is 3.15. The molecule has 6 nitrogen and oxygen atoms in total. The van der Waals surface area contributed by atoms with Gasteiger partial charge in [0.25, 0.3) is 0 Å². The maximum Gasteiger partial charge on any atom is 0.212 e. The summed E-state index contributed by atoms with van der Waals surface area (Å²) < 4.78 is 7.49. The lowest BCUT2D eigenvalue weighted by molar-refractivity contribution is 0.296. The van der Waals surface area contributed by atoms with Crippen molar-refractivity contribution in [1.82, 2.24) is 20.0 Å². The first kappa shape index (κ1) is 13.7. The highest BCUT2D eigenvalue weighted by Crippen LogP contribution is 2.18. The van der Waals surface area contributed by atoms with Crippen molar-refractivity contribution >= 4 is 11.3 Å². The van der Waals surface area contributed by atoms with Crippen LogP contribution in [0.25, 0.3) is 5.13 Å². The fourth-order valence-electron chi connectivity index (χ4n) is 1.90. The zero-order valence-corrected chi connectivity index (χ0v) is 12.4. The van der Waals surface area contributed by atoms with Gasteiger partial charge in [0.1, 0.15) is 23.7 Å². The smallest absolute Gasteiger partial charge is 0.212 e. The van der Waals surface area contributed by atoms with Crippen molar-refractivity contribution < 1.29 is 4.74 Å². The molecular formula is C14H15N5OS. The van der Waals surface area contributed by atoms with Gasteiger partial charge in [-0.25, -0.2) is 4.98 Å². The highest BCUT2D eigenvalue weighted by atomic mass is 32.1. The number of rotatable bonds is 5. The number of benzene rings is 1. The number of ether oxygens (including phenoxy) is 1. The Labute approximate surface area is 126 Å². The molecule has 108 valence electrons. The van der Waals surface area contributed by atoms with Gasteiger partial charge in [0.15, 0.2) is 0 Å². The Morgan fingerprint density at radius 1 is 1.29 bits per heavy atom. The quantitative estimate of drug-likeness (QED) is 0.780. The van der Waals surface area contributed by atoms with Crippen LogP contribution in [-0.4, -0.2) is 20.0 Å². The lowest BCUT2D eigenvalue weighted by Crippen LogP contribution is -2.09. The maximum atomic E-state index is 5.81. The first-order chi connectivity index (χ1) is 10.3. The second-order valence-electron chi connectivity index (χ2n) is 4.52. The van der Waals surface area contributed by atoms with E-state index in [9.17, 15) is 0 Å². The summed E-state index contributed by atoms with van der Waals surface area (Å²) >= 11 is 1.49. The normalized spacial score (nSPS) is 10.8. The molecule has 0 amide bonds. The van der Waals surface area contributed by atoms with Gasteiger partial charge in [0, 0.05) is 18.1 Å². The molecule has 1 aromatic carbocycles. The van der Waals surface area contributed by atoms with Gasteiger partial charge in [-0.2, -0.15) is 4.68 Å². The van der Waals surface area contributed by atoms with Crippen molar-refractivity contribution in [1.29, 1.82) is 0 Å². The standard InChI is InChI=1S/C14H15N5OS/c1-10-2-4-11(5-3-10)20-9-13-12(8-15)17-18-19(13)14-16-6-7-21-14/h2-7H,8-9,15H2,1H3. The molecule has 0 aliphatic rings. The average molecular weight is 301 g/mol. The van der Waals surface area contributed by atoms with Gasteiger partial charge in [-0.15, -0.1) is 16.4 Å². The van der Waals surface area contributed by atoms with Crippen LogP contribution >= 0.6 is 11.3 Å². The van der Waals surface area contributed by atoms with Gasteiger partial charge in [-0.05, 0) is 19.1 Å². The molecule has 0 aliphatic carbocycles. The Kier molecular flexibility index (Phi) is 3.94. The van der Waals surface area contributed by atoms with Crippen LogP contribution < -0.4 is 10.5 Å². The second-order valence-corrected chi connectivity index (χ2v) is 5.39. The van der Waals surface area contributed by atoms with Gasteiger partial charge in [0.2, 0.25) is 5.13 Å². The van der Waals surface area contributed by atoms with E-state index in [1.807, 2.05) is 36.6 Å². The van der Waals surface area contributed by atoms with Crippen molar-refractivity contribution in [2.45, 2.75) is 20.1 Å². The van der Waals surface area contributed by atoms with Crippen molar-refractivity contribution in [3.8, 4) is 10.9 Å². The molecule has 0 saturated heterocycles. The maximum absolute atomic E-state index is 5.81. The Bertz CT molecular complexity index is 706. The first-order valence-electron chi connectivity index (χ1n) is 6.51. The molecular weight excluding hydrogens is 286 g/mol. The van der Waals surface area contributed by atoms with E-state index in [-0.39, 0.29) is 0 Å². The minimum atomic E-state index is 0.317. The molecule has 2 N–H and O–H groups in total. The molecule has 7 heteroatoms. The summed E-state index contributed by atoms with van der Waals surface area (Å²) in [5.74, 6) is 0.801. The summed E-state index contributed by atoms with van der Waals surface area (Å²) in [5.41, 5.74) is 8.46. The predicted molar refractivity (Wildman–Crippen MR) is 80.4 cm³/mol. The van der Waals surface area contributed by atoms with Crippen molar-refractivity contribution in [3.63, 3.8) is 0 Å². The number of hydrogen-bond donors (Lipinski definition) is 1. The van der Waals surface area contributed by atoms with Crippen LogP contribution in [0.2, 0.25) is 0 Å². The van der Waals surface area contributed by atoms with Gasteiger partial charge in [0.05, 0.1) is 0 Å². The molecule has 0 saturated carbocycles. The summed E-state index contributed by atoms with van der Waals surface area (Å²) in [6.07, 6.45) is 1.73. The zero-order valence-electron chi connectivity index (χ0n) is 11.6. The predicted octanol–water partition coefficient (Wildman–Crippen LogP) is 2.07. The molecule has 0 aliphatic heterocycles. The summed E-state index contributed by atoms with van der Waals surface area (Å²) in [6, 6.07) is 7.90. The minimum absolute atomic E-state index is 0.317. The third-order valence-electron chi connectivity index (χ3n) is 3.03. The van der Waals surface area contributed by atoms with E-state index in [1.165, 1.54) is 16.9 Å². The van der Waals surface area contributed by atoms with Crippen LogP contribution in [0, 0.1) is 6.92 Å². The lowest BCUT2D eigenvalue weighted by atomic mass is 10.2. The van der Waals surface area contributed by atoms with Crippen LogP contribution in [-0.2, 0) is 13.2 Å². The third kappa shape index (κ3) is 2.93. The lowest BCUT2D eigenvalue weighted by Gasteiger charge is -2.08. The molecule has 2 aromatic heterocycles. The van der Waals surface area contributed by atoms with E-state index in [0.29, 0.717) is 13.2 Å². The Morgan fingerprint density at radius 2 is 2.10 bits per heavy atom. The largest absolute Gasteiger partial charge is 0.487 e. The Balaban J connectivity index is 1.84. The Morgan fingerprint density at radius 3 is 2.76 bits per heavy atom. The monoisotopic (exact) mass is 301 g/mol. The Hall–Kier alpha value is -2.25. The molecule has 21 heavy (non-hydrogen) atoms. The SMILES string of the molecule is Cc1ccc(OCc2c(CN)nnn2-c2nccs2)cc1. The van der Waals surface area contributed by atoms with E-state index in [0.717, 1.165) is 22.3 Å². The molecule has 3 rings (SSSR count). The molecule has 0 spiro atoms. The highest BCUT2D eigenvalue weighted by molar-refractivity contribution is 7.12. The third-order valence-corrected chi connectivity index (χ3v) is 3.78. The van der Waals surface area contributed by atoms with E-state index in [4.69, 9.17) is 10.5 Å². The van der Waals surface area contributed by atoms with Crippen LogP contribution in [0.3, 0.4) is 0 Å². The summed E-state index contributed by atoms with van der Waals surface area (Å²) in [4.78, 5) is 4.24. The molecule has 0 radical (unpaired) electrons. The number of nitrogens with zero attached hydrogens (tertiary/aromatic N) is 4. The number of aromatic nitrogens is 4. The van der Waals surface area contributed by atoms with Gasteiger partial charge in [-0.1, -0.05) is 22.9 Å². The number of hydrogen-bond acceptors (Lipinski definition) is 6. The number of thiazole rings is 1. The fourth-order valence-corrected chi connectivity index (χ4v) is 2.51. The van der Waals surface area contributed by atoms with Crippen LogP contribution in [0.4, 0.5) is 0 Å². The molecule has 0 unspecified atom stereocenters. The molecule has 3 aromatic rings. The van der Waals surface area contributed by atoms with E-state index in [2.05, 4.69) is 15.3 Å². The zero-order chi connectivity index (χ0) is 14.7. The molecule has 0 bridgehead atoms. The van der Waals surface area contributed by atoms with E-state index in [1.54, 1.807) is 10.9 Å². The number of aryl methyl sites for hydroxylation is 1. The van der Waals surface area contributed by atoms with Gasteiger partial charge >= 0.3 is 0 Å². The van der Waals surface area contributed by atoms with E-state index >= 15 is 0 Å². The van der Waals surface area contributed by atoms with Crippen molar-refractivity contribution in [2.24, 2.45) is 5.73 Å². The number of nitrogens with two attached hydrogens (primary N) is 1. The second kappa shape index (κ2) is 6.02. The van der Waals surface area contributed by atoms with Gasteiger partial charge in [-0.3, -0.25) is 0 Å². The molecule has 0 atom stereocenters. The minimum Gasteiger partial charge on any atom is -0.487 e. The topological polar surface area (TPSA) is 78.9 Å². The molecule has 0 fully saturated rings. The summed E-state index contributed by atoms with van der Waals surface area (Å²) in [6.45, 7) is 2.71. The fraction of sp³-hybridized carbons (Fsp3) is 0.214. The van der Waals surface area contributed by atoms with Crippen molar-refractivity contribution in [3.05, 3.63) is 52.8 Å². The van der Waals surface area contributed by atoms with Crippen LogP contribution in [0.1, 0.15) is 17.0 Å². The van der Waals surface area contributed by atoms with Gasteiger partial charge < -0.3 is 10.5 Å². The van der Waals surface area contributed by atoms with Crippen LogP contribution in [0.5, 0.6) is 5.75 Å².